The number of benzene rings is 1. The molecule has 0 aliphatic heterocycles. The van der Waals surface area contributed by atoms with Gasteiger partial charge in [-0.25, -0.2) is 4.39 Å². The lowest BCUT2D eigenvalue weighted by Gasteiger charge is -2.01. The third-order valence-electron chi connectivity index (χ3n) is 1.38. The Morgan fingerprint density at radius 1 is 1.42 bits per heavy atom. The van der Waals surface area contributed by atoms with E-state index < -0.39 is 6.67 Å². The molecule has 0 spiro atoms. The van der Waals surface area contributed by atoms with Gasteiger partial charge in [0.25, 0.3) is 0 Å². The molecule has 0 N–H and O–H groups in total. The molecule has 0 saturated carbocycles. The van der Waals surface area contributed by atoms with Crippen LogP contribution in [-0.2, 0) is 11.3 Å². The minimum Gasteiger partial charge on any atom is -0.374 e. The second-order valence-corrected chi connectivity index (χ2v) is 2.81. The maximum atomic E-state index is 11.6. The fraction of sp³-hybridized carbons (Fsp3) is 0.333. The molecular weight excluding hydrogens is 179 g/mol. The lowest BCUT2D eigenvalue weighted by Crippen LogP contribution is -1.96. The van der Waals surface area contributed by atoms with Gasteiger partial charge in [-0.3, -0.25) is 0 Å². The van der Waals surface area contributed by atoms with E-state index in [0.29, 0.717) is 11.6 Å². The van der Waals surface area contributed by atoms with Gasteiger partial charge >= 0.3 is 0 Å². The Morgan fingerprint density at radius 2 is 2.25 bits per heavy atom. The Hall–Kier alpha value is -0.600. The molecule has 0 saturated heterocycles. The molecule has 0 aromatic heterocycles. The first-order valence-electron chi connectivity index (χ1n) is 3.71. The van der Waals surface area contributed by atoms with Crippen LogP contribution < -0.4 is 0 Å². The lowest BCUT2D eigenvalue weighted by molar-refractivity contribution is 0.106. The van der Waals surface area contributed by atoms with Crippen molar-refractivity contribution in [3.63, 3.8) is 0 Å². The molecule has 12 heavy (non-hydrogen) atoms. The van der Waals surface area contributed by atoms with E-state index in [1.807, 2.05) is 12.1 Å². The van der Waals surface area contributed by atoms with Crippen molar-refractivity contribution in [3.05, 3.63) is 34.9 Å². The number of hydrogen-bond acceptors (Lipinski definition) is 1. The first kappa shape index (κ1) is 9.49. The van der Waals surface area contributed by atoms with Crippen molar-refractivity contribution in [1.82, 2.24) is 0 Å². The normalized spacial score (nSPS) is 10.2. The predicted molar refractivity (Wildman–Crippen MR) is 47.1 cm³/mol. The van der Waals surface area contributed by atoms with Crippen LogP contribution in [0.2, 0.25) is 5.02 Å². The lowest BCUT2D eigenvalue weighted by atomic mass is 10.2. The quantitative estimate of drug-likeness (QED) is 0.661. The zero-order valence-electron chi connectivity index (χ0n) is 6.59. The van der Waals surface area contributed by atoms with E-state index in [4.69, 9.17) is 16.3 Å². The van der Waals surface area contributed by atoms with Gasteiger partial charge in [0.1, 0.15) is 6.67 Å². The average Bonchev–Trinajstić information content (AvgIpc) is 2.05. The van der Waals surface area contributed by atoms with Crippen molar-refractivity contribution in [2.75, 3.05) is 13.3 Å². The summed E-state index contributed by atoms with van der Waals surface area (Å²) >= 11 is 5.73. The molecule has 1 aromatic rings. The standard InChI is InChI=1S/C9H10ClFO/c10-9-3-1-2-8(6-9)7-12-5-4-11/h1-3,6H,4-5,7H2. The largest absolute Gasteiger partial charge is 0.374 e. The van der Waals surface area contributed by atoms with Crippen LogP contribution >= 0.6 is 11.6 Å². The van der Waals surface area contributed by atoms with E-state index in [2.05, 4.69) is 0 Å². The molecule has 0 aliphatic rings. The number of alkyl halides is 1. The molecule has 3 heteroatoms. The van der Waals surface area contributed by atoms with Crippen LogP contribution in [0.15, 0.2) is 24.3 Å². The van der Waals surface area contributed by atoms with Crippen molar-refractivity contribution in [2.24, 2.45) is 0 Å². The zero-order valence-corrected chi connectivity index (χ0v) is 7.35. The van der Waals surface area contributed by atoms with Crippen LogP contribution in [0, 0.1) is 0 Å². The monoisotopic (exact) mass is 188 g/mol. The first-order chi connectivity index (χ1) is 5.83. The number of rotatable bonds is 4. The molecular formula is C9H10ClFO. The van der Waals surface area contributed by atoms with Gasteiger partial charge in [0.2, 0.25) is 0 Å². The summed E-state index contributed by atoms with van der Waals surface area (Å²) in [6.07, 6.45) is 0. The molecule has 0 atom stereocenters. The Morgan fingerprint density at radius 3 is 2.92 bits per heavy atom. The molecule has 1 rings (SSSR count). The molecule has 1 aromatic carbocycles. The van der Waals surface area contributed by atoms with Crippen molar-refractivity contribution in [1.29, 1.82) is 0 Å². The fourth-order valence-electron chi connectivity index (χ4n) is 0.871. The SMILES string of the molecule is FCCOCc1cccc(Cl)c1. The fourth-order valence-corrected chi connectivity index (χ4v) is 1.08. The van der Waals surface area contributed by atoms with Crippen LogP contribution in [0.1, 0.15) is 5.56 Å². The topological polar surface area (TPSA) is 9.23 Å². The van der Waals surface area contributed by atoms with Gasteiger partial charge in [-0.05, 0) is 17.7 Å². The van der Waals surface area contributed by atoms with E-state index >= 15 is 0 Å². The van der Waals surface area contributed by atoms with E-state index in [9.17, 15) is 4.39 Å². The van der Waals surface area contributed by atoms with Crippen molar-refractivity contribution in [2.45, 2.75) is 6.61 Å². The number of halogens is 2. The minimum atomic E-state index is -0.444. The highest BCUT2D eigenvalue weighted by Crippen LogP contribution is 2.11. The van der Waals surface area contributed by atoms with Crippen LogP contribution in [0.4, 0.5) is 4.39 Å². The summed E-state index contributed by atoms with van der Waals surface area (Å²) in [5.41, 5.74) is 0.968. The molecule has 0 fully saturated rings. The van der Waals surface area contributed by atoms with Gasteiger partial charge in [0, 0.05) is 5.02 Å². The highest BCUT2D eigenvalue weighted by atomic mass is 35.5. The van der Waals surface area contributed by atoms with E-state index in [-0.39, 0.29) is 6.61 Å². The van der Waals surface area contributed by atoms with Gasteiger partial charge in [-0.15, -0.1) is 0 Å². The van der Waals surface area contributed by atoms with Crippen LogP contribution in [0.5, 0.6) is 0 Å². The smallest absolute Gasteiger partial charge is 0.113 e. The third-order valence-corrected chi connectivity index (χ3v) is 1.61. The summed E-state index contributed by atoms with van der Waals surface area (Å²) in [7, 11) is 0. The van der Waals surface area contributed by atoms with Crippen LogP contribution in [-0.4, -0.2) is 13.3 Å². The highest BCUT2D eigenvalue weighted by Gasteiger charge is 1.93. The molecule has 0 heterocycles. The van der Waals surface area contributed by atoms with E-state index in [1.54, 1.807) is 12.1 Å². The first-order valence-corrected chi connectivity index (χ1v) is 4.09. The number of ether oxygens (including phenoxy) is 1. The molecule has 0 unspecified atom stereocenters. The Kier molecular flexibility index (Phi) is 4.05. The molecule has 0 radical (unpaired) electrons. The molecule has 0 bridgehead atoms. The van der Waals surface area contributed by atoms with Gasteiger partial charge in [0.15, 0.2) is 0 Å². The average molecular weight is 189 g/mol. The van der Waals surface area contributed by atoms with Crippen molar-refractivity contribution >= 4 is 11.6 Å². The van der Waals surface area contributed by atoms with Gasteiger partial charge in [-0.1, -0.05) is 23.7 Å². The minimum absolute atomic E-state index is 0.145. The maximum Gasteiger partial charge on any atom is 0.113 e. The van der Waals surface area contributed by atoms with Crippen molar-refractivity contribution in [3.8, 4) is 0 Å². The predicted octanol–water partition coefficient (Wildman–Crippen LogP) is 2.83. The summed E-state index contributed by atoms with van der Waals surface area (Å²) in [6.45, 7) is 0.123. The Bertz CT molecular complexity index is 240. The third kappa shape index (κ3) is 3.20. The maximum absolute atomic E-state index is 11.6. The van der Waals surface area contributed by atoms with Gasteiger partial charge in [-0.2, -0.15) is 0 Å². The molecule has 66 valence electrons. The summed E-state index contributed by atoms with van der Waals surface area (Å²) in [4.78, 5) is 0. The van der Waals surface area contributed by atoms with Crippen molar-refractivity contribution < 1.29 is 9.13 Å². The summed E-state index contributed by atoms with van der Waals surface area (Å²) < 4.78 is 16.6. The highest BCUT2D eigenvalue weighted by molar-refractivity contribution is 6.30. The summed E-state index contributed by atoms with van der Waals surface area (Å²) in [5, 5.41) is 0.677. The van der Waals surface area contributed by atoms with Crippen LogP contribution in [0.25, 0.3) is 0 Å². The van der Waals surface area contributed by atoms with Crippen LogP contribution in [0.3, 0.4) is 0 Å². The molecule has 0 amide bonds. The summed E-state index contributed by atoms with van der Waals surface area (Å²) in [6, 6.07) is 7.33. The number of hydrogen-bond donors (Lipinski definition) is 0. The summed E-state index contributed by atoms with van der Waals surface area (Å²) in [5.74, 6) is 0. The van der Waals surface area contributed by atoms with Gasteiger partial charge in [0.05, 0.1) is 13.2 Å². The van der Waals surface area contributed by atoms with E-state index in [1.165, 1.54) is 0 Å². The Balaban J connectivity index is 2.41. The Labute approximate surface area is 76.1 Å². The van der Waals surface area contributed by atoms with Gasteiger partial charge < -0.3 is 4.74 Å². The zero-order chi connectivity index (χ0) is 8.81. The second-order valence-electron chi connectivity index (χ2n) is 2.37. The molecule has 0 aliphatic carbocycles. The van der Waals surface area contributed by atoms with E-state index in [0.717, 1.165) is 5.56 Å². The molecule has 1 nitrogen and oxygen atoms in total. The second kappa shape index (κ2) is 5.12.